The van der Waals surface area contributed by atoms with E-state index in [1.165, 1.54) is 135 Å². The van der Waals surface area contributed by atoms with E-state index in [1.807, 2.05) is 0 Å². The Morgan fingerprint density at radius 3 is 1.52 bits per heavy atom. The Kier molecular flexibility index (Phi) is 42.2. The van der Waals surface area contributed by atoms with Gasteiger partial charge < -0.3 is 28.3 Å². The lowest BCUT2D eigenvalue weighted by molar-refractivity contribution is -0.150. The van der Waals surface area contributed by atoms with Gasteiger partial charge in [0, 0.05) is 26.2 Å². The van der Waals surface area contributed by atoms with Gasteiger partial charge in [0.15, 0.2) is 0 Å². The molecule has 1 N–H and O–H groups in total. The van der Waals surface area contributed by atoms with Crippen molar-refractivity contribution in [3.8, 4) is 0 Å². The zero-order valence-electron chi connectivity index (χ0n) is 38.7. The molecule has 0 aromatic heterocycles. The van der Waals surface area contributed by atoms with Crippen molar-refractivity contribution in [2.24, 2.45) is 0 Å². The number of esters is 1. The minimum atomic E-state index is -2.23. The SMILES string of the molecule is CCCCCCCCCCCC(OCC)O[Si](C)(C)OCCCCCCN(CCCCO)CCCCCCCC(CCCC)OC(=O)CCCCCCCCC. The second-order valence-corrected chi connectivity index (χ2v) is 20.6. The zero-order valence-corrected chi connectivity index (χ0v) is 39.7. The highest BCUT2D eigenvalue weighted by atomic mass is 28.4. The summed E-state index contributed by atoms with van der Waals surface area (Å²) in [5, 5.41) is 9.34. The van der Waals surface area contributed by atoms with Crippen LogP contribution in [0.5, 0.6) is 0 Å². The van der Waals surface area contributed by atoms with Gasteiger partial charge in [-0.05, 0) is 110 Å². The van der Waals surface area contributed by atoms with Gasteiger partial charge in [0.1, 0.15) is 12.4 Å². The van der Waals surface area contributed by atoms with Gasteiger partial charge in [-0.2, -0.15) is 0 Å². The number of carbonyl (C=O) groups is 1. The second-order valence-electron chi connectivity index (χ2n) is 17.2. The molecular weight excluding hydrogens is 715 g/mol. The summed E-state index contributed by atoms with van der Waals surface area (Å²) < 4.78 is 24.7. The molecule has 0 spiro atoms. The highest BCUT2D eigenvalue weighted by Gasteiger charge is 2.29. The van der Waals surface area contributed by atoms with Crippen LogP contribution in [0.1, 0.15) is 240 Å². The molecule has 0 heterocycles. The lowest BCUT2D eigenvalue weighted by Crippen LogP contribution is -2.40. The van der Waals surface area contributed by atoms with Gasteiger partial charge in [-0.1, -0.05) is 156 Å². The van der Waals surface area contributed by atoms with Crippen molar-refractivity contribution in [1.29, 1.82) is 0 Å². The first kappa shape index (κ1) is 55.5. The molecule has 0 aliphatic carbocycles. The molecule has 0 rings (SSSR count). The average molecular weight is 814 g/mol. The highest BCUT2D eigenvalue weighted by molar-refractivity contribution is 6.64. The van der Waals surface area contributed by atoms with Crippen LogP contribution in [-0.2, 0) is 23.1 Å². The lowest BCUT2D eigenvalue weighted by Gasteiger charge is -2.29. The van der Waals surface area contributed by atoms with Crippen LogP contribution >= 0.6 is 0 Å². The van der Waals surface area contributed by atoms with E-state index in [4.69, 9.17) is 18.3 Å². The smallest absolute Gasteiger partial charge is 0.333 e. The largest absolute Gasteiger partial charge is 0.462 e. The molecule has 56 heavy (non-hydrogen) atoms. The van der Waals surface area contributed by atoms with E-state index in [0.717, 1.165) is 96.9 Å². The molecule has 0 saturated carbocycles. The van der Waals surface area contributed by atoms with Crippen LogP contribution < -0.4 is 0 Å². The molecule has 0 radical (unpaired) electrons. The molecule has 0 aliphatic heterocycles. The fraction of sp³-hybridized carbons (Fsp3) is 0.979. The fourth-order valence-corrected chi connectivity index (χ4v) is 9.15. The number of aliphatic hydroxyl groups is 1. The van der Waals surface area contributed by atoms with Crippen LogP contribution in [0, 0.1) is 0 Å². The molecule has 336 valence electrons. The third-order valence-electron chi connectivity index (χ3n) is 11.2. The summed E-state index contributed by atoms with van der Waals surface area (Å²) in [6.07, 6.45) is 39.2. The molecule has 0 amide bonds. The standard InChI is InChI=1S/C48H99NO6Si/c1-7-11-14-16-18-19-21-25-31-40-48(52-10-4)55-56(5,6)53-45-36-28-27-33-42-49(43-34-35-44-50)41-32-26-22-23-29-38-46(37-13-9-3)54-47(51)39-30-24-20-17-15-12-8-2/h46,48,50H,7-45H2,1-6H3. The van der Waals surface area contributed by atoms with Crippen molar-refractivity contribution in [1.82, 2.24) is 4.90 Å². The minimum Gasteiger partial charge on any atom is -0.462 e. The Hall–Kier alpha value is -0.513. The molecule has 7 nitrogen and oxygen atoms in total. The van der Waals surface area contributed by atoms with E-state index in [9.17, 15) is 9.90 Å². The predicted molar refractivity (Wildman–Crippen MR) is 243 cm³/mol. The van der Waals surface area contributed by atoms with Crippen LogP contribution in [-0.4, -0.2) is 76.4 Å². The summed E-state index contributed by atoms with van der Waals surface area (Å²) >= 11 is 0. The molecule has 2 atom stereocenters. The van der Waals surface area contributed by atoms with Gasteiger partial charge in [0.25, 0.3) is 0 Å². The van der Waals surface area contributed by atoms with Crippen molar-refractivity contribution in [2.45, 2.75) is 265 Å². The Morgan fingerprint density at radius 2 is 0.982 bits per heavy atom. The topological polar surface area (TPSA) is 77.5 Å². The fourth-order valence-electron chi connectivity index (χ4n) is 7.63. The molecule has 0 fully saturated rings. The van der Waals surface area contributed by atoms with Crippen molar-refractivity contribution in [3.63, 3.8) is 0 Å². The molecule has 0 aliphatic rings. The number of hydrogen-bond acceptors (Lipinski definition) is 7. The number of rotatable bonds is 46. The molecule has 0 aromatic rings. The van der Waals surface area contributed by atoms with Crippen LogP contribution in [0.2, 0.25) is 13.1 Å². The number of hydrogen-bond donors (Lipinski definition) is 1. The first-order chi connectivity index (χ1) is 27.3. The molecular formula is C48H99NO6Si. The number of ether oxygens (including phenoxy) is 2. The van der Waals surface area contributed by atoms with E-state index in [2.05, 4.69) is 45.7 Å². The van der Waals surface area contributed by atoms with Gasteiger partial charge in [-0.25, -0.2) is 0 Å². The van der Waals surface area contributed by atoms with E-state index < -0.39 is 8.56 Å². The summed E-state index contributed by atoms with van der Waals surface area (Å²) in [5.41, 5.74) is 0. The quantitative estimate of drug-likeness (QED) is 0.0284. The Balaban J connectivity index is 4.24. The third kappa shape index (κ3) is 39.0. The Morgan fingerprint density at radius 1 is 0.536 bits per heavy atom. The van der Waals surface area contributed by atoms with Gasteiger partial charge >= 0.3 is 14.5 Å². The van der Waals surface area contributed by atoms with E-state index in [1.54, 1.807) is 0 Å². The minimum absolute atomic E-state index is 0.0237. The van der Waals surface area contributed by atoms with Crippen LogP contribution in [0.3, 0.4) is 0 Å². The van der Waals surface area contributed by atoms with Crippen molar-refractivity contribution in [2.75, 3.05) is 39.5 Å². The Bertz CT molecular complexity index is 802. The average Bonchev–Trinajstić information content (AvgIpc) is 3.17. The van der Waals surface area contributed by atoms with E-state index in [0.29, 0.717) is 13.0 Å². The number of carbonyl (C=O) groups excluding carboxylic acids is 1. The first-order valence-electron chi connectivity index (χ1n) is 24.8. The normalized spacial score (nSPS) is 13.1. The maximum Gasteiger partial charge on any atom is 0.333 e. The summed E-state index contributed by atoms with van der Waals surface area (Å²) in [6, 6.07) is 0. The third-order valence-corrected chi connectivity index (χ3v) is 12.9. The first-order valence-corrected chi connectivity index (χ1v) is 27.6. The molecule has 8 heteroatoms. The van der Waals surface area contributed by atoms with E-state index in [-0.39, 0.29) is 25.0 Å². The molecule has 0 saturated heterocycles. The van der Waals surface area contributed by atoms with Crippen molar-refractivity contribution < 1.29 is 28.2 Å². The maximum atomic E-state index is 12.5. The highest BCUT2D eigenvalue weighted by Crippen LogP contribution is 2.20. The van der Waals surface area contributed by atoms with Gasteiger partial charge in [-0.3, -0.25) is 4.79 Å². The van der Waals surface area contributed by atoms with E-state index >= 15 is 0 Å². The molecule has 2 unspecified atom stereocenters. The summed E-state index contributed by atoms with van der Waals surface area (Å²) in [5.74, 6) is 0.0237. The second kappa shape index (κ2) is 42.6. The summed E-state index contributed by atoms with van der Waals surface area (Å²) in [7, 11) is -2.23. The predicted octanol–water partition coefficient (Wildman–Crippen LogP) is 14.2. The van der Waals surface area contributed by atoms with Crippen LogP contribution in [0.15, 0.2) is 0 Å². The maximum absolute atomic E-state index is 12.5. The Labute approximate surface area is 351 Å². The van der Waals surface area contributed by atoms with Crippen LogP contribution in [0.25, 0.3) is 0 Å². The molecule has 0 bridgehead atoms. The van der Waals surface area contributed by atoms with Crippen molar-refractivity contribution >= 4 is 14.5 Å². The number of aliphatic hydroxyl groups excluding tert-OH is 1. The summed E-state index contributed by atoms with van der Waals surface area (Å²) in [4.78, 5) is 15.2. The molecule has 0 aromatic carbocycles. The zero-order chi connectivity index (χ0) is 41.2. The monoisotopic (exact) mass is 814 g/mol. The van der Waals surface area contributed by atoms with Gasteiger partial charge in [-0.15, -0.1) is 0 Å². The van der Waals surface area contributed by atoms with Crippen LogP contribution in [0.4, 0.5) is 0 Å². The van der Waals surface area contributed by atoms with Gasteiger partial charge in [0.2, 0.25) is 0 Å². The number of nitrogens with zero attached hydrogens (tertiary/aromatic N) is 1. The number of unbranched alkanes of at least 4 members (excludes halogenated alkanes) is 23. The van der Waals surface area contributed by atoms with Crippen molar-refractivity contribution in [3.05, 3.63) is 0 Å². The summed E-state index contributed by atoms with van der Waals surface area (Å²) in [6.45, 7) is 18.3. The van der Waals surface area contributed by atoms with Gasteiger partial charge in [0.05, 0.1) is 0 Å². The lowest BCUT2D eigenvalue weighted by atomic mass is 10.0.